The molecule has 0 fully saturated rings. The molecule has 0 amide bonds. The molecule has 0 bridgehead atoms. The fourth-order valence-electron chi connectivity index (χ4n) is 1.92. The Morgan fingerprint density at radius 2 is 2.10 bits per heavy atom. The lowest BCUT2D eigenvalue weighted by Gasteiger charge is -2.13. The molecule has 0 aliphatic heterocycles. The van der Waals surface area contributed by atoms with Gasteiger partial charge in [0, 0.05) is 5.38 Å². The number of thiophene rings is 1. The van der Waals surface area contributed by atoms with E-state index in [1.54, 1.807) is 0 Å². The number of para-hydroxylation sites is 1. The van der Waals surface area contributed by atoms with Gasteiger partial charge in [0.1, 0.15) is 4.21 Å². The Balaban J connectivity index is 2.40. The molecule has 2 aromatic rings. The molecule has 1 heterocycles. The third-order valence-corrected chi connectivity index (χ3v) is 5.85. The molecule has 2 N–H and O–H groups in total. The van der Waals surface area contributed by atoms with E-state index in [2.05, 4.69) is 4.72 Å². The predicted octanol–water partition coefficient (Wildman–Crippen LogP) is 3.12. The number of hydrogen-bond donors (Lipinski definition) is 2. The molecule has 7 heteroatoms. The number of anilines is 1. The zero-order chi connectivity index (χ0) is 15.6. The summed E-state index contributed by atoms with van der Waals surface area (Å²) in [6.07, 6.45) is 0.699. The van der Waals surface area contributed by atoms with Crippen LogP contribution in [0.15, 0.2) is 33.9 Å². The van der Waals surface area contributed by atoms with Crippen LogP contribution in [0.4, 0.5) is 5.69 Å². The van der Waals surface area contributed by atoms with Crippen LogP contribution in [-0.2, 0) is 16.4 Å². The van der Waals surface area contributed by atoms with E-state index in [-0.39, 0.29) is 9.77 Å². The number of benzene rings is 1. The lowest BCUT2D eigenvalue weighted by atomic mass is 10.1. The highest BCUT2D eigenvalue weighted by Gasteiger charge is 2.20. The molecule has 0 unspecified atom stereocenters. The molecule has 21 heavy (non-hydrogen) atoms. The molecule has 1 aromatic carbocycles. The van der Waals surface area contributed by atoms with Gasteiger partial charge in [0.25, 0.3) is 10.0 Å². The van der Waals surface area contributed by atoms with Crippen LogP contribution >= 0.6 is 11.3 Å². The van der Waals surface area contributed by atoms with Crippen molar-refractivity contribution in [2.45, 2.75) is 24.5 Å². The van der Waals surface area contributed by atoms with Crippen LogP contribution in [0.2, 0.25) is 0 Å². The third kappa shape index (κ3) is 3.25. The van der Waals surface area contributed by atoms with Gasteiger partial charge in [-0.15, -0.1) is 11.3 Å². The number of hydrogen-bond acceptors (Lipinski definition) is 4. The minimum Gasteiger partial charge on any atom is -0.478 e. The number of carboxylic acid groups (broad SMARTS) is 1. The van der Waals surface area contributed by atoms with Gasteiger partial charge >= 0.3 is 5.97 Å². The van der Waals surface area contributed by atoms with Gasteiger partial charge in [-0.3, -0.25) is 4.72 Å². The molecule has 112 valence electrons. The monoisotopic (exact) mass is 325 g/mol. The molecule has 2 rings (SSSR count). The molecule has 1 aromatic heterocycles. The summed E-state index contributed by atoms with van der Waals surface area (Å²) in [4.78, 5) is 10.8. The van der Waals surface area contributed by atoms with E-state index in [0.717, 1.165) is 22.5 Å². The van der Waals surface area contributed by atoms with E-state index in [9.17, 15) is 13.2 Å². The summed E-state index contributed by atoms with van der Waals surface area (Å²) in [5.74, 6) is -1.14. The summed E-state index contributed by atoms with van der Waals surface area (Å²) < 4.78 is 27.3. The van der Waals surface area contributed by atoms with Crippen LogP contribution < -0.4 is 4.72 Å². The molecule has 0 aliphatic carbocycles. The van der Waals surface area contributed by atoms with Gasteiger partial charge in [0.05, 0.1) is 11.3 Å². The van der Waals surface area contributed by atoms with Crippen molar-refractivity contribution in [2.24, 2.45) is 0 Å². The van der Waals surface area contributed by atoms with Gasteiger partial charge in [0.15, 0.2) is 0 Å². The predicted molar refractivity (Wildman–Crippen MR) is 82.6 cm³/mol. The first-order valence-corrected chi connectivity index (χ1v) is 8.64. The maximum atomic E-state index is 12.4. The van der Waals surface area contributed by atoms with Gasteiger partial charge in [-0.05, 0) is 30.5 Å². The first-order chi connectivity index (χ1) is 9.85. The van der Waals surface area contributed by atoms with Gasteiger partial charge < -0.3 is 5.11 Å². The molecular formula is C14H15NO4S2. The van der Waals surface area contributed by atoms with Crippen molar-refractivity contribution in [3.63, 3.8) is 0 Å². The first kappa shape index (κ1) is 15.5. The number of rotatable bonds is 5. The largest absolute Gasteiger partial charge is 0.478 e. The van der Waals surface area contributed by atoms with Gasteiger partial charge in [-0.1, -0.05) is 25.1 Å². The molecule has 0 aliphatic rings. The Morgan fingerprint density at radius 1 is 1.38 bits per heavy atom. The fraction of sp³-hybridized carbons (Fsp3) is 0.214. The number of sulfonamides is 1. The molecule has 0 atom stereocenters. The smallest absolute Gasteiger partial charge is 0.336 e. The fourth-order valence-corrected chi connectivity index (χ4v) is 4.25. The van der Waals surface area contributed by atoms with Gasteiger partial charge in [-0.2, -0.15) is 0 Å². The average Bonchev–Trinajstić information content (AvgIpc) is 2.91. The van der Waals surface area contributed by atoms with E-state index in [0.29, 0.717) is 12.1 Å². The van der Waals surface area contributed by atoms with Crippen molar-refractivity contribution in [1.82, 2.24) is 0 Å². The lowest BCUT2D eigenvalue weighted by Crippen LogP contribution is -2.14. The normalized spacial score (nSPS) is 11.3. The molecule has 0 spiro atoms. The number of nitrogens with one attached hydrogen (secondary N) is 1. The van der Waals surface area contributed by atoms with E-state index >= 15 is 0 Å². The van der Waals surface area contributed by atoms with Crippen LogP contribution in [0.5, 0.6) is 0 Å². The van der Waals surface area contributed by atoms with Crippen molar-refractivity contribution in [1.29, 1.82) is 0 Å². The Labute approximate surface area is 127 Å². The SMILES string of the molecule is CCc1cccc(C)c1NS(=O)(=O)c1cc(C(=O)O)cs1. The summed E-state index contributed by atoms with van der Waals surface area (Å²) in [6.45, 7) is 3.77. The van der Waals surface area contributed by atoms with E-state index in [1.807, 2.05) is 32.0 Å². The summed E-state index contributed by atoms with van der Waals surface area (Å²) in [5, 5.41) is 10.2. The van der Waals surface area contributed by atoms with Gasteiger partial charge in [0.2, 0.25) is 0 Å². The van der Waals surface area contributed by atoms with Crippen LogP contribution in [0.25, 0.3) is 0 Å². The Bertz CT molecular complexity index is 778. The van der Waals surface area contributed by atoms with Crippen LogP contribution in [0.1, 0.15) is 28.4 Å². The van der Waals surface area contributed by atoms with Crippen molar-refractivity contribution in [3.8, 4) is 0 Å². The van der Waals surface area contributed by atoms with Gasteiger partial charge in [-0.25, -0.2) is 13.2 Å². The standard InChI is InChI=1S/C14H15NO4S2/c1-3-10-6-4-5-9(2)13(10)15-21(18,19)12-7-11(8-20-12)14(16)17/h4-8,15H,3H2,1-2H3,(H,16,17). The second kappa shape index (κ2) is 5.87. The highest BCUT2D eigenvalue weighted by atomic mass is 32.2. The Kier molecular flexibility index (Phi) is 4.34. The third-order valence-electron chi connectivity index (χ3n) is 3.06. The van der Waals surface area contributed by atoms with Crippen molar-refractivity contribution >= 4 is 33.0 Å². The number of aryl methyl sites for hydroxylation is 2. The molecule has 5 nitrogen and oxygen atoms in total. The topological polar surface area (TPSA) is 83.5 Å². The average molecular weight is 325 g/mol. The van der Waals surface area contributed by atoms with Crippen molar-refractivity contribution in [2.75, 3.05) is 4.72 Å². The molecular weight excluding hydrogens is 310 g/mol. The number of carbonyl (C=O) groups is 1. The van der Waals surface area contributed by atoms with Crippen LogP contribution in [0, 0.1) is 6.92 Å². The highest BCUT2D eigenvalue weighted by Crippen LogP contribution is 2.27. The van der Waals surface area contributed by atoms with E-state index < -0.39 is 16.0 Å². The molecule has 0 saturated carbocycles. The van der Waals surface area contributed by atoms with Crippen molar-refractivity contribution in [3.05, 3.63) is 46.3 Å². The van der Waals surface area contributed by atoms with Crippen LogP contribution in [0.3, 0.4) is 0 Å². The molecule has 0 radical (unpaired) electrons. The second-order valence-corrected chi connectivity index (χ2v) is 7.35. The van der Waals surface area contributed by atoms with Crippen molar-refractivity contribution < 1.29 is 18.3 Å². The first-order valence-electron chi connectivity index (χ1n) is 6.28. The summed E-state index contributed by atoms with van der Waals surface area (Å²) >= 11 is 0.892. The zero-order valence-corrected chi connectivity index (χ0v) is 13.2. The highest BCUT2D eigenvalue weighted by molar-refractivity contribution is 7.94. The zero-order valence-electron chi connectivity index (χ0n) is 11.6. The Morgan fingerprint density at radius 3 is 2.67 bits per heavy atom. The Hall–Kier alpha value is -1.86. The summed E-state index contributed by atoms with van der Waals surface area (Å²) in [7, 11) is -3.78. The maximum absolute atomic E-state index is 12.4. The summed E-state index contributed by atoms with van der Waals surface area (Å²) in [6, 6.07) is 6.73. The maximum Gasteiger partial charge on any atom is 0.336 e. The lowest BCUT2D eigenvalue weighted by molar-refractivity contribution is 0.0697. The number of aromatic carboxylic acids is 1. The van der Waals surface area contributed by atoms with E-state index in [4.69, 9.17) is 5.11 Å². The van der Waals surface area contributed by atoms with Crippen LogP contribution in [-0.4, -0.2) is 19.5 Å². The number of carboxylic acids is 1. The van der Waals surface area contributed by atoms with E-state index in [1.165, 1.54) is 11.4 Å². The second-order valence-electron chi connectivity index (χ2n) is 4.53. The summed E-state index contributed by atoms with van der Waals surface area (Å²) in [5.41, 5.74) is 2.26. The quantitative estimate of drug-likeness (QED) is 0.884. The minimum atomic E-state index is -3.78. The molecule has 0 saturated heterocycles. The minimum absolute atomic E-state index is 0.00907.